The molecule has 6 N–H and O–H groups in total. The van der Waals surface area contributed by atoms with Gasteiger partial charge < -0.3 is 20.1 Å². The molecule has 2 saturated heterocycles. The van der Waals surface area contributed by atoms with E-state index in [1.165, 1.54) is 0 Å². The fraction of sp³-hybridized carbons (Fsp3) is 0.778. The molecular formula is C18H35ClN2O8S2. The van der Waals surface area contributed by atoms with E-state index in [4.69, 9.17) is 9.47 Å². The molecule has 2 heterocycles. The highest BCUT2D eigenvalue weighted by Gasteiger charge is 2.29. The first-order chi connectivity index (χ1) is 14.2. The third-order valence-corrected chi connectivity index (χ3v) is 9.71. The van der Waals surface area contributed by atoms with E-state index in [1.54, 1.807) is 0 Å². The standard InChI is InChI=1S/C18H34N2O8S2.ClH/c21-17(27-9-1-3-15-13-19-7-11-29(15,23)24)5-6-18(22)28-10-2-4-16-14-20-8-12-30(16,25)26;/h5-6,15-16,19-20,23-26H,1-4,7-14H2;1H/b6-5+;. The molecular weight excluding hydrogens is 472 g/mol. The molecule has 0 amide bonds. The summed E-state index contributed by atoms with van der Waals surface area (Å²) < 4.78 is 49.9. The molecule has 13 heteroatoms. The highest BCUT2D eigenvalue weighted by molar-refractivity contribution is 8.25. The maximum absolute atomic E-state index is 11.7. The van der Waals surface area contributed by atoms with Gasteiger partial charge >= 0.3 is 11.9 Å². The fourth-order valence-corrected chi connectivity index (χ4v) is 6.77. The van der Waals surface area contributed by atoms with E-state index in [1.807, 2.05) is 0 Å². The van der Waals surface area contributed by atoms with Gasteiger partial charge in [-0.3, -0.25) is 18.2 Å². The monoisotopic (exact) mass is 506 g/mol. The Morgan fingerprint density at radius 1 is 0.806 bits per heavy atom. The van der Waals surface area contributed by atoms with Gasteiger partial charge in [0.05, 0.1) is 35.2 Å². The van der Waals surface area contributed by atoms with Crippen LogP contribution in [-0.2, 0) is 19.1 Å². The highest BCUT2D eigenvalue weighted by atomic mass is 35.5. The molecule has 0 saturated carbocycles. The van der Waals surface area contributed by atoms with Crippen LogP contribution >= 0.6 is 33.6 Å². The summed E-state index contributed by atoms with van der Waals surface area (Å²) in [6.45, 7) is 2.53. The van der Waals surface area contributed by atoms with E-state index in [-0.39, 0.29) is 36.1 Å². The molecule has 0 spiro atoms. The Hall–Kier alpha value is -0.570. The van der Waals surface area contributed by atoms with Crippen LogP contribution in [0.2, 0.25) is 0 Å². The molecule has 2 aliphatic rings. The number of carbonyl (C=O) groups is 2. The number of hydrogen-bond donors (Lipinski definition) is 6. The minimum absolute atomic E-state index is 0. The zero-order valence-electron chi connectivity index (χ0n) is 17.4. The van der Waals surface area contributed by atoms with Crippen LogP contribution in [0.4, 0.5) is 0 Å². The van der Waals surface area contributed by atoms with Crippen molar-refractivity contribution in [3.05, 3.63) is 12.2 Å². The van der Waals surface area contributed by atoms with E-state index >= 15 is 0 Å². The molecule has 2 atom stereocenters. The van der Waals surface area contributed by atoms with E-state index in [0.29, 0.717) is 63.4 Å². The van der Waals surface area contributed by atoms with E-state index < -0.39 is 33.1 Å². The third-order valence-electron chi connectivity index (χ3n) is 5.16. The van der Waals surface area contributed by atoms with Crippen LogP contribution in [-0.4, -0.2) is 91.5 Å². The van der Waals surface area contributed by atoms with Crippen LogP contribution < -0.4 is 10.6 Å². The number of hydrogen-bond acceptors (Lipinski definition) is 10. The van der Waals surface area contributed by atoms with Gasteiger partial charge in [0.1, 0.15) is 0 Å². The van der Waals surface area contributed by atoms with E-state index in [9.17, 15) is 27.8 Å². The molecule has 0 aliphatic carbocycles. The van der Waals surface area contributed by atoms with Crippen LogP contribution in [0, 0.1) is 0 Å². The second-order valence-corrected chi connectivity index (χ2v) is 12.5. The Morgan fingerprint density at radius 3 is 1.55 bits per heavy atom. The third kappa shape index (κ3) is 10.3. The number of nitrogens with one attached hydrogen (secondary N) is 2. The van der Waals surface area contributed by atoms with Crippen LogP contribution in [0.5, 0.6) is 0 Å². The van der Waals surface area contributed by atoms with Crippen molar-refractivity contribution in [3.63, 3.8) is 0 Å². The molecule has 31 heavy (non-hydrogen) atoms. The molecule has 0 aromatic heterocycles. The average molecular weight is 507 g/mol. The lowest BCUT2D eigenvalue weighted by Crippen LogP contribution is -2.41. The van der Waals surface area contributed by atoms with Crippen molar-refractivity contribution in [1.29, 1.82) is 0 Å². The number of ether oxygens (including phenoxy) is 2. The number of halogens is 1. The van der Waals surface area contributed by atoms with Crippen molar-refractivity contribution < 1.29 is 37.3 Å². The first-order valence-corrected chi connectivity index (χ1v) is 13.7. The Bertz CT molecular complexity index is 559. The first-order valence-electron chi connectivity index (χ1n) is 10.1. The lowest BCUT2D eigenvalue weighted by atomic mass is 10.2. The van der Waals surface area contributed by atoms with Gasteiger partial charge in [0.2, 0.25) is 0 Å². The zero-order chi connectivity index (χ0) is 22.0. The van der Waals surface area contributed by atoms with Crippen LogP contribution in [0.15, 0.2) is 12.2 Å². The number of carbonyl (C=O) groups excluding carboxylic acids is 2. The van der Waals surface area contributed by atoms with Crippen LogP contribution in [0.25, 0.3) is 0 Å². The van der Waals surface area contributed by atoms with Gasteiger partial charge in [-0.2, -0.15) is 21.2 Å². The van der Waals surface area contributed by atoms with Crippen molar-refractivity contribution in [2.45, 2.75) is 36.2 Å². The maximum Gasteiger partial charge on any atom is 0.331 e. The molecule has 10 nitrogen and oxygen atoms in total. The minimum Gasteiger partial charge on any atom is -0.463 e. The largest absolute Gasteiger partial charge is 0.463 e. The first kappa shape index (κ1) is 28.5. The maximum atomic E-state index is 11.7. The van der Waals surface area contributed by atoms with Gasteiger partial charge in [-0.1, -0.05) is 0 Å². The summed E-state index contributed by atoms with van der Waals surface area (Å²) in [7, 11) is -5.16. The fourth-order valence-electron chi connectivity index (χ4n) is 3.35. The van der Waals surface area contributed by atoms with Crippen LogP contribution in [0.3, 0.4) is 0 Å². The smallest absolute Gasteiger partial charge is 0.331 e. The van der Waals surface area contributed by atoms with Gasteiger partial charge in [0, 0.05) is 38.3 Å². The summed E-state index contributed by atoms with van der Waals surface area (Å²) in [5.41, 5.74) is 0. The summed E-state index contributed by atoms with van der Waals surface area (Å²) in [5.74, 6) is -0.630. The van der Waals surface area contributed by atoms with E-state index in [2.05, 4.69) is 10.6 Å². The quantitative estimate of drug-likeness (QED) is 0.147. The predicted octanol–water partition coefficient (Wildman–Crippen LogP) is 2.06. The molecule has 0 aromatic rings. The molecule has 2 fully saturated rings. The molecule has 2 rings (SSSR count). The summed E-state index contributed by atoms with van der Waals surface area (Å²) in [5, 5.41) is 5.77. The van der Waals surface area contributed by atoms with Crippen molar-refractivity contribution in [2.75, 3.05) is 50.9 Å². The van der Waals surface area contributed by atoms with Gasteiger partial charge in [0.15, 0.2) is 0 Å². The van der Waals surface area contributed by atoms with Crippen molar-refractivity contribution in [3.8, 4) is 0 Å². The molecule has 2 aliphatic heterocycles. The lowest BCUT2D eigenvalue weighted by molar-refractivity contribution is -0.140. The van der Waals surface area contributed by atoms with Gasteiger partial charge in [-0.05, 0) is 25.7 Å². The number of rotatable bonds is 10. The van der Waals surface area contributed by atoms with Gasteiger partial charge in [-0.15, -0.1) is 12.4 Å². The number of esters is 2. The Kier molecular flexibility index (Phi) is 12.7. The minimum atomic E-state index is -2.58. The van der Waals surface area contributed by atoms with Crippen molar-refractivity contribution in [1.82, 2.24) is 10.6 Å². The summed E-state index contributed by atoms with van der Waals surface area (Å²) in [6, 6.07) is 0. The molecule has 0 bridgehead atoms. The second-order valence-electron chi connectivity index (χ2n) is 7.45. The summed E-state index contributed by atoms with van der Waals surface area (Å²) in [6.07, 6.45) is 4.08. The van der Waals surface area contributed by atoms with Crippen LogP contribution in [0.1, 0.15) is 25.7 Å². The predicted molar refractivity (Wildman–Crippen MR) is 126 cm³/mol. The normalized spacial score (nSPS) is 27.0. The second kappa shape index (κ2) is 13.9. The Morgan fingerprint density at radius 2 is 1.19 bits per heavy atom. The van der Waals surface area contributed by atoms with Gasteiger partial charge in [0.25, 0.3) is 0 Å². The topological polar surface area (TPSA) is 158 Å². The highest BCUT2D eigenvalue weighted by Crippen LogP contribution is 2.47. The lowest BCUT2D eigenvalue weighted by Gasteiger charge is -2.44. The van der Waals surface area contributed by atoms with Gasteiger partial charge in [-0.25, -0.2) is 9.59 Å². The SMILES string of the molecule is Cl.O=C(/C=C/C(=O)OCCCC1CNCCS1(O)O)OCCCC1CNCCS1(O)O. The molecule has 2 unspecified atom stereocenters. The van der Waals surface area contributed by atoms with E-state index in [0.717, 1.165) is 12.2 Å². The zero-order valence-corrected chi connectivity index (χ0v) is 19.9. The average Bonchev–Trinajstić information content (AvgIpc) is 2.68. The molecule has 0 aromatic carbocycles. The van der Waals surface area contributed by atoms with Crippen molar-refractivity contribution in [2.24, 2.45) is 0 Å². The summed E-state index contributed by atoms with van der Waals surface area (Å²) >= 11 is 0. The Labute approximate surface area is 192 Å². The molecule has 0 radical (unpaired) electrons. The summed E-state index contributed by atoms with van der Waals surface area (Å²) in [4.78, 5) is 23.3. The van der Waals surface area contributed by atoms with Crippen molar-refractivity contribution >= 4 is 45.5 Å². The Balaban J connectivity index is 0.00000480. The molecule has 184 valence electrons.